The molecule has 34 heavy (non-hydrogen) atoms. The van der Waals surface area contributed by atoms with Gasteiger partial charge in [0.15, 0.2) is 0 Å². The number of amides is 1. The van der Waals surface area contributed by atoms with Crippen LogP contribution in [0.5, 0.6) is 11.5 Å². The number of nitriles is 1. The standard InChI is InChI=1S/C28H27BrN2O3/c1-5-34-27-16-21(15-26(29)25(27)14-20-11-18(2)10-19(3)12-20)13-22(17-30)28(32)31-23-6-8-24(33-4)9-7-23/h6-13,15-16H,5,14H2,1-4H3,(H,31,32)/b22-13+. The molecule has 1 N–H and O–H groups in total. The van der Waals surface area contributed by atoms with Crippen LogP contribution in [0.25, 0.3) is 6.08 Å². The number of nitrogens with one attached hydrogen (secondary N) is 1. The Morgan fingerprint density at radius 2 is 1.76 bits per heavy atom. The zero-order valence-electron chi connectivity index (χ0n) is 19.7. The van der Waals surface area contributed by atoms with E-state index in [0.29, 0.717) is 30.0 Å². The van der Waals surface area contributed by atoms with Crippen molar-refractivity contribution in [3.63, 3.8) is 0 Å². The minimum Gasteiger partial charge on any atom is -0.497 e. The van der Waals surface area contributed by atoms with Gasteiger partial charge in [-0.3, -0.25) is 4.79 Å². The molecule has 0 spiro atoms. The van der Waals surface area contributed by atoms with Crippen LogP contribution in [0.4, 0.5) is 5.69 Å². The topological polar surface area (TPSA) is 71.3 Å². The molecule has 6 heteroatoms. The van der Waals surface area contributed by atoms with Gasteiger partial charge in [-0.15, -0.1) is 0 Å². The molecule has 0 saturated heterocycles. The summed E-state index contributed by atoms with van der Waals surface area (Å²) in [4.78, 5) is 12.7. The monoisotopic (exact) mass is 518 g/mol. The Morgan fingerprint density at radius 1 is 1.09 bits per heavy atom. The third kappa shape index (κ3) is 6.49. The number of halogens is 1. The Labute approximate surface area is 209 Å². The molecule has 0 atom stereocenters. The number of aryl methyl sites for hydroxylation is 2. The van der Waals surface area contributed by atoms with Crippen LogP contribution in [0.15, 0.2) is 64.6 Å². The Hall–Kier alpha value is -3.56. The highest BCUT2D eigenvalue weighted by molar-refractivity contribution is 9.10. The predicted octanol–water partition coefficient (Wildman–Crippen LogP) is 6.61. The van der Waals surface area contributed by atoms with E-state index >= 15 is 0 Å². The number of anilines is 1. The van der Waals surface area contributed by atoms with Crippen LogP contribution in [-0.2, 0) is 11.2 Å². The molecule has 3 rings (SSSR count). The number of methoxy groups -OCH3 is 1. The van der Waals surface area contributed by atoms with E-state index in [-0.39, 0.29) is 5.57 Å². The first-order valence-electron chi connectivity index (χ1n) is 10.9. The number of benzene rings is 3. The quantitative estimate of drug-likeness (QED) is 0.269. The van der Waals surface area contributed by atoms with E-state index in [9.17, 15) is 10.1 Å². The fraction of sp³-hybridized carbons (Fsp3) is 0.214. The first-order chi connectivity index (χ1) is 16.3. The lowest BCUT2D eigenvalue weighted by Gasteiger charge is -2.15. The fourth-order valence-corrected chi connectivity index (χ4v) is 4.33. The Morgan fingerprint density at radius 3 is 2.35 bits per heavy atom. The lowest BCUT2D eigenvalue weighted by molar-refractivity contribution is -0.112. The van der Waals surface area contributed by atoms with Crippen molar-refractivity contribution in [3.8, 4) is 17.6 Å². The molecule has 0 radical (unpaired) electrons. The van der Waals surface area contributed by atoms with Gasteiger partial charge in [0, 0.05) is 22.1 Å². The van der Waals surface area contributed by atoms with E-state index in [1.807, 2.05) is 25.1 Å². The maximum atomic E-state index is 12.7. The van der Waals surface area contributed by atoms with Crippen molar-refractivity contribution in [3.05, 3.63) is 92.5 Å². The molecule has 0 bridgehead atoms. The Bertz CT molecular complexity index is 1240. The van der Waals surface area contributed by atoms with Gasteiger partial charge < -0.3 is 14.8 Å². The predicted molar refractivity (Wildman–Crippen MR) is 139 cm³/mol. The average molecular weight is 519 g/mol. The molecule has 174 valence electrons. The summed E-state index contributed by atoms with van der Waals surface area (Å²) in [5.74, 6) is 0.916. The molecule has 0 saturated carbocycles. The summed E-state index contributed by atoms with van der Waals surface area (Å²) in [6.45, 7) is 6.61. The van der Waals surface area contributed by atoms with Gasteiger partial charge in [0.25, 0.3) is 5.91 Å². The average Bonchev–Trinajstić information content (AvgIpc) is 2.79. The van der Waals surface area contributed by atoms with Crippen molar-refractivity contribution in [1.82, 2.24) is 0 Å². The van der Waals surface area contributed by atoms with Gasteiger partial charge in [0.2, 0.25) is 0 Å². The number of ether oxygens (including phenoxy) is 2. The molecular formula is C28H27BrN2O3. The largest absolute Gasteiger partial charge is 0.497 e. The minimum absolute atomic E-state index is 0.00720. The van der Waals surface area contributed by atoms with E-state index in [2.05, 4.69) is 53.3 Å². The van der Waals surface area contributed by atoms with Crippen LogP contribution in [0.1, 0.15) is 34.7 Å². The lowest BCUT2D eigenvalue weighted by Crippen LogP contribution is -2.13. The molecule has 3 aromatic rings. The van der Waals surface area contributed by atoms with E-state index in [0.717, 1.165) is 15.8 Å². The molecule has 5 nitrogen and oxygen atoms in total. The molecule has 3 aromatic carbocycles. The highest BCUT2D eigenvalue weighted by atomic mass is 79.9. The van der Waals surface area contributed by atoms with Gasteiger partial charge in [-0.1, -0.05) is 45.3 Å². The number of carbonyl (C=O) groups is 1. The van der Waals surface area contributed by atoms with Crippen molar-refractivity contribution in [1.29, 1.82) is 5.26 Å². The summed E-state index contributed by atoms with van der Waals surface area (Å²) in [6.07, 6.45) is 2.26. The zero-order chi connectivity index (χ0) is 24.7. The fourth-order valence-electron chi connectivity index (χ4n) is 3.73. The summed E-state index contributed by atoms with van der Waals surface area (Å²) in [7, 11) is 1.58. The van der Waals surface area contributed by atoms with Crippen molar-refractivity contribution >= 4 is 33.6 Å². The van der Waals surface area contributed by atoms with Crippen molar-refractivity contribution in [2.45, 2.75) is 27.2 Å². The van der Waals surface area contributed by atoms with Gasteiger partial charge in [0.1, 0.15) is 23.1 Å². The molecule has 0 heterocycles. The van der Waals surface area contributed by atoms with Gasteiger partial charge in [-0.05, 0) is 74.4 Å². The maximum absolute atomic E-state index is 12.7. The van der Waals surface area contributed by atoms with Gasteiger partial charge in [0.05, 0.1) is 13.7 Å². The first kappa shape index (κ1) is 25.1. The summed E-state index contributed by atoms with van der Waals surface area (Å²) < 4.78 is 11.9. The third-order valence-corrected chi connectivity index (χ3v) is 5.87. The van der Waals surface area contributed by atoms with Crippen LogP contribution < -0.4 is 14.8 Å². The van der Waals surface area contributed by atoms with Crippen molar-refractivity contribution < 1.29 is 14.3 Å². The summed E-state index contributed by atoms with van der Waals surface area (Å²) in [5, 5.41) is 12.4. The van der Waals surface area contributed by atoms with E-state index in [1.54, 1.807) is 37.5 Å². The Balaban J connectivity index is 1.90. The van der Waals surface area contributed by atoms with Crippen LogP contribution in [0, 0.1) is 25.2 Å². The van der Waals surface area contributed by atoms with E-state index < -0.39 is 5.91 Å². The molecule has 0 fully saturated rings. The van der Waals surface area contributed by atoms with Crippen molar-refractivity contribution in [2.75, 3.05) is 19.0 Å². The van der Waals surface area contributed by atoms with Gasteiger partial charge in [-0.2, -0.15) is 5.26 Å². The second-order valence-corrected chi connectivity index (χ2v) is 8.79. The normalized spacial score (nSPS) is 11.0. The SMILES string of the molecule is CCOc1cc(/C=C(\C#N)C(=O)Nc2ccc(OC)cc2)cc(Br)c1Cc1cc(C)cc(C)c1. The first-order valence-corrected chi connectivity index (χ1v) is 11.7. The molecule has 0 aliphatic rings. The maximum Gasteiger partial charge on any atom is 0.266 e. The molecular weight excluding hydrogens is 492 g/mol. The summed E-state index contributed by atoms with van der Waals surface area (Å²) >= 11 is 3.67. The zero-order valence-corrected chi connectivity index (χ0v) is 21.3. The Kier molecular flexibility index (Phi) is 8.50. The van der Waals surface area contributed by atoms with Crippen LogP contribution in [0.2, 0.25) is 0 Å². The van der Waals surface area contributed by atoms with E-state index in [4.69, 9.17) is 9.47 Å². The van der Waals surface area contributed by atoms with Crippen LogP contribution in [0.3, 0.4) is 0 Å². The highest BCUT2D eigenvalue weighted by Crippen LogP contribution is 2.33. The molecule has 0 aromatic heterocycles. The highest BCUT2D eigenvalue weighted by Gasteiger charge is 2.14. The minimum atomic E-state index is -0.485. The third-order valence-electron chi connectivity index (χ3n) is 5.16. The van der Waals surface area contributed by atoms with Crippen LogP contribution >= 0.6 is 15.9 Å². The summed E-state index contributed by atoms with van der Waals surface area (Å²) in [6, 6.07) is 19.2. The van der Waals surface area contributed by atoms with Crippen LogP contribution in [-0.4, -0.2) is 19.6 Å². The molecule has 0 unspecified atom stereocenters. The van der Waals surface area contributed by atoms with Crippen molar-refractivity contribution in [2.24, 2.45) is 0 Å². The van der Waals surface area contributed by atoms with Gasteiger partial charge >= 0.3 is 0 Å². The smallest absolute Gasteiger partial charge is 0.266 e. The lowest BCUT2D eigenvalue weighted by atomic mass is 9.98. The number of carbonyl (C=O) groups excluding carboxylic acids is 1. The molecule has 0 aliphatic heterocycles. The number of hydrogen-bond acceptors (Lipinski definition) is 4. The van der Waals surface area contributed by atoms with Gasteiger partial charge in [-0.25, -0.2) is 0 Å². The number of hydrogen-bond donors (Lipinski definition) is 1. The second-order valence-electron chi connectivity index (χ2n) is 7.94. The molecule has 0 aliphatic carbocycles. The molecule has 1 amide bonds. The second kappa shape index (κ2) is 11.5. The summed E-state index contributed by atoms with van der Waals surface area (Å²) in [5.41, 5.74) is 5.90. The number of nitrogens with zero attached hydrogens (tertiary/aromatic N) is 1. The number of rotatable bonds is 8. The van der Waals surface area contributed by atoms with E-state index in [1.165, 1.54) is 16.7 Å².